The SMILES string of the molecule is C[C@@H](C(=O)Nc1ccc2ccccc2c1)N1CCN(Cc2cccs2)CC1. The molecule has 1 fully saturated rings. The second-order valence-corrected chi connectivity index (χ2v) is 8.15. The highest BCUT2D eigenvalue weighted by Gasteiger charge is 2.25. The average molecular weight is 380 g/mol. The Hall–Kier alpha value is -2.21. The molecule has 0 spiro atoms. The van der Waals surface area contributed by atoms with Gasteiger partial charge >= 0.3 is 0 Å². The minimum atomic E-state index is -0.125. The van der Waals surface area contributed by atoms with E-state index in [9.17, 15) is 4.79 Å². The summed E-state index contributed by atoms with van der Waals surface area (Å²) in [5.41, 5.74) is 0.863. The van der Waals surface area contributed by atoms with Crippen molar-refractivity contribution in [2.45, 2.75) is 19.5 Å². The molecule has 0 aliphatic carbocycles. The van der Waals surface area contributed by atoms with Crippen LogP contribution < -0.4 is 5.32 Å². The van der Waals surface area contributed by atoms with Crippen molar-refractivity contribution in [1.29, 1.82) is 0 Å². The highest BCUT2D eigenvalue weighted by molar-refractivity contribution is 7.09. The maximum absolute atomic E-state index is 12.7. The minimum absolute atomic E-state index is 0.0667. The van der Waals surface area contributed by atoms with Crippen LogP contribution in [0.5, 0.6) is 0 Å². The number of fused-ring (bicyclic) bond motifs is 1. The van der Waals surface area contributed by atoms with Crippen LogP contribution in [0.4, 0.5) is 5.69 Å². The zero-order valence-electron chi connectivity index (χ0n) is 15.6. The summed E-state index contributed by atoms with van der Waals surface area (Å²) < 4.78 is 0. The third kappa shape index (κ3) is 4.38. The summed E-state index contributed by atoms with van der Waals surface area (Å²) in [5, 5.41) is 7.55. The number of rotatable bonds is 5. The average Bonchev–Trinajstić information content (AvgIpc) is 3.21. The van der Waals surface area contributed by atoms with Gasteiger partial charge in [0.1, 0.15) is 0 Å². The summed E-state index contributed by atoms with van der Waals surface area (Å²) in [7, 11) is 0. The number of hydrogen-bond donors (Lipinski definition) is 1. The van der Waals surface area contributed by atoms with Gasteiger partial charge in [-0.3, -0.25) is 14.6 Å². The molecule has 2 heterocycles. The number of benzene rings is 2. The third-order valence-electron chi connectivity index (χ3n) is 5.31. The van der Waals surface area contributed by atoms with Crippen LogP contribution >= 0.6 is 11.3 Å². The van der Waals surface area contributed by atoms with Crippen molar-refractivity contribution >= 4 is 33.7 Å². The molecule has 0 bridgehead atoms. The molecule has 27 heavy (non-hydrogen) atoms. The van der Waals surface area contributed by atoms with Gasteiger partial charge in [-0.25, -0.2) is 0 Å². The summed E-state index contributed by atoms with van der Waals surface area (Å²) >= 11 is 1.81. The van der Waals surface area contributed by atoms with Gasteiger partial charge in [-0.1, -0.05) is 36.4 Å². The van der Waals surface area contributed by atoms with Gasteiger partial charge in [0, 0.05) is 43.3 Å². The van der Waals surface area contributed by atoms with Gasteiger partial charge < -0.3 is 5.32 Å². The predicted octanol–water partition coefficient (Wildman–Crippen LogP) is 4.05. The number of amides is 1. The van der Waals surface area contributed by atoms with Gasteiger partial charge in [0.05, 0.1) is 6.04 Å². The molecule has 0 saturated carbocycles. The number of anilines is 1. The number of nitrogens with one attached hydrogen (secondary N) is 1. The van der Waals surface area contributed by atoms with Crippen LogP contribution in [-0.2, 0) is 11.3 Å². The largest absolute Gasteiger partial charge is 0.325 e. The molecule has 0 unspecified atom stereocenters. The van der Waals surface area contributed by atoms with Crippen LogP contribution in [0.15, 0.2) is 60.0 Å². The van der Waals surface area contributed by atoms with E-state index in [2.05, 4.69) is 50.8 Å². The standard InChI is InChI=1S/C22H25N3OS/c1-17(25-12-10-24(11-13-25)16-21-7-4-14-27-21)22(26)23-20-9-8-18-5-2-3-6-19(18)15-20/h2-9,14-15,17H,10-13,16H2,1H3,(H,23,26)/t17-/m0/s1. The third-order valence-corrected chi connectivity index (χ3v) is 6.17. The molecule has 1 amide bonds. The van der Waals surface area contributed by atoms with E-state index in [0.29, 0.717) is 0 Å². The normalized spacial score (nSPS) is 17.1. The van der Waals surface area contributed by atoms with Crippen LogP contribution in [0, 0.1) is 0 Å². The Morgan fingerprint density at radius 2 is 1.81 bits per heavy atom. The lowest BCUT2D eigenvalue weighted by Gasteiger charge is -2.37. The fourth-order valence-electron chi connectivity index (χ4n) is 3.61. The molecule has 2 aromatic carbocycles. The Balaban J connectivity index is 1.32. The highest BCUT2D eigenvalue weighted by atomic mass is 32.1. The van der Waals surface area contributed by atoms with Gasteiger partial charge in [-0.15, -0.1) is 11.3 Å². The van der Waals surface area contributed by atoms with Crippen LogP contribution in [0.1, 0.15) is 11.8 Å². The highest BCUT2D eigenvalue weighted by Crippen LogP contribution is 2.20. The quantitative estimate of drug-likeness (QED) is 0.727. The molecule has 1 saturated heterocycles. The first-order valence-corrected chi connectivity index (χ1v) is 10.4. The number of carbonyl (C=O) groups is 1. The summed E-state index contributed by atoms with van der Waals surface area (Å²) in [5.74, 6) is 0.0667. The first-order chi connectivity index (χ1) is 13.2. The second-order valence-electron chi connectivity index (χ2n) is 7.12. The van der Waals surface area contributed by atoms with Crippen molar-refractivity contribution < 1.29 is 4.79 Å². The second kappa shape index (κ2) is 8.21. The molecule has 140 valence electrons. The zero-order chi connectivity index (χ0) is 18.6. The van der Waals surface area contributed by atoms with Crippen LogP contribution in [0.2, 0.25) is 0 Å². The van der Waals surface area contributed by atoms with Crippen molar-refractivity contribution in [3.8, 4) is 0 Å². The van der Waals surface area contributed by atoms with E-state index in [1.807, 2.05) is 42.5 Å². The molecule has 4 rings (SSSR count). The molecular formula is C22H25N3OS. The Labute approximate surface area is 164 Å². The van der Waals surface area contributed by atoms with Gasteiger partial charge in [0.2, 0.25) is 5.91 Å². The lowest BCUT2D eigenvalue weighted by Crippen LogP contribution is -2.52. The predicted molar refractivity (Wildman–Crippen MR) is 113 cm³/mol. The van der Waals surface area contributed by atoms with Gasteiger partial charge in [-0.05, 0) is 41.3 Å². The Morgan fingerprint density at radius 3 is 2.56 bits per heavy atom. The topological polar surface area (TPSA) is 35.6 Å². The van der Waals surface area contributed by atoms with E-state index in [0.717, 1.165) is 43.8 Å². The number of hydrogen-bond acceptors (Lipinski definition) is 4. The molecule has 0 radical (unpaired) electrons. The van der Waals surface area contributed by atoms with Crippen molar-refractivity contribution in [3.05, 3.63) is 64.9 Å². The zero-order valence-corrected chi connectivity index (χ0v) is 16.4. The molecule has 3 aromatic rings. The summed E-state index contributed by atoms with van der Waals surface area (Å²) in [6, 6.07) is 18.4. The maximum Gasteiger partial charge on any atom is 0.241 e. The van der Waals surface area contributed by atoms with Crippen molar-refractivity contribution in [2.24, 2.45) is 0 Å². The fraction of sp³-hybridized carbons (Fsp3) is 0.318. The van der Waals surface area contributed by atoms with Gasteiger partial charge in [0.15, 0.2) is 0 Å². The molecule has 1 aromatic heterocycles. The molecule has 1 N–H and O–H groups in total. The van der Waals surface area contributed by atoms with Crippen molar-refractivity contribution in [1.82, 2.24) is 9.80 Å². The van der Waals surface area contributed by atoms with E-state index in [-0.39, 0.29) is 11.9 Å². The summed E-state index contributed by atoms with van der Waals surface area (Å²) in [6.45, 7) is 6.89. The Kier molecular flexibility index (Phi) is 5.53. The minimum Gasteiger partial charge on any atom is -0.325 e. The van der Waals surface area contributed by atoms with Crippen LogP contribution in [0.3, 0.4) is 0 Å². The Morgan fingerprint density at radius 1 is 1.04 bits per heavy atom. The number of carbonyl (C=O) groups excluding carboxylic acids is 1. The monoisotopic (exact) mass is 379 g/mol. The number of nitrogens with zero attached hydrogens (tertiary/aromatic N) is 2. The number of piperazine rings is 1. The first-order valence-electron chi connectivity index (χ1n) is 9.47. The van der Waals surface area contributed by atoms with Crippen molar-refractivity contribution in [2.75, 3.05) is 31.5 Å². The van der Waals surface area contributed by atoms with Gasteiger partial charge in [-0.2, -0.15) is 0 Å². The lowest BCUT2D eigenvalue weighted by molar-refractivity contribution is -0.121. The molecule has 1 atom stereocenters. The smallest absolute Gasteiger partial charge is 0.241 e. The van der Waals surface area contributed by atoms with Crippen LogP contribution in [0.25, 0.3) is 10.8 Å². The van der Waals surface area contributed by atoms with E-state index in [4.69, 9.17) is 0 Å². The lowest BCUT2D eigenvalue weighted by atomic mass is 10.1. The summed E-state index contributed by atoms with van der Waals surface area (Å²) in [6.07, 6.45) is 0. The van der Waals surface area contributed by atoms with E-state index >= 15 is 0 Å². The van der Waals surface area contributed by atoms with Crippen LogP contribution in [-0.4, -0.2) is 47.9 Å². The number of thiophene rings is 1. The first kappa shape index (κ1) is 18.2. The molecule has 1 aliphatic rings. The molecule has 4 nitrogen and oxygen atoms in total. The van der Waals surface area contributed by atoms with E-state index < -0.39 is 0 Å². The molecule has 1 aliphatic heterocycles. The fourth-order valence-corrected chi connectivity index (χ4v) is 4.36. The molecule has 5 heteroatoms. The summed E-state index contributed by atoms with van der Waals surface area (Å²) in [4.78, 5) is 18.9. The van der Waals surface area contributed by atoms with Crippen molar-refractivity contribution in [3.63, 3.8) is 0 Å². The van der Waals surface area contributed by atoms with Gasteiger partial charge in [0.25, 0.3) is 0 Å². The van der Waals surface area contributed by atoms with E-state index in [1.165, 1.54) is 10.3 Å². The Bertz CT molecular complexity index is 901. The van der Waals surface area contributed by atoms with E-state index in [1.54, 1.807) is 0 Å². The molecular weight excluding hydrogens is 354 g/mol. The maximum atomic E-state index is 12.7.